The zero-order chi connectivity index (χ0) is 17.2. The average Bonchev–Trinajstić information content (AvgIpc) is 2.90. The van der Waals surface area contributed by atoms with Gasteiger partial charge < -0.3 is 10.1 Å². The lowest BCUT2D eigenvalue weighted by molar-refractivity contribution is -0.155. The quantitative estimate of drug-likeness (QED) is 0.450. The fourth-order valence-electron chi connectivity index (χ4n) is 4.34. The normalized spacial score (nSPS) is 38.3. The Kier molecular flexibility index (Phi) is 3.61. The molecule has 3 rings (SSSR count). The van der Waals surface area contributed by atoms with Gasteiger partial charge in [0.1, 0.15) is 18.8 Å². The van der Waals surface area contributed by atoms with Crippen LogP contribution in [0.25, 0.3) is 0 Å². The third-order valence-corrected chi connectivity index (χ3v) is 7.16. The van der Waals surface area contributed by atoms with Gasteiger partial charge in [0.05, 0.1) is 5.25 Å². The predicted molar refractivity (Wildman–Crippen MR) is 80.7 cm³/mol. The first-order valence-electron chi connectivity index (χ1n) is 7.61. The molecule has 1 heterocycles. The lowest BCUT2D eigenvalue weighted by atomic mass is 9.81. The minimum Gasteiger partial charge on any atom is -0.458 e. The topological polar surface area (TPSA) is 98.8 Å². The van der Waals surface area contributed by atoms with Crippen molar-refractivity contribution in [1.29, 1.82) is 0 Å². The summed E-state index contributed by atoms with van der Waals surface area (Å²) in [5, 5.41) is 1.91. The van der Waals surface area contributed by atoms with E-state index in [9.17, 15) is 18.0 Å². The molecule has 1 saturated heterocycles. The molecule has 5 atom stereocenters. The van der Waals surface area contributed by atoms with Gasteiger partial charge >= 0.3 is 5.97 Å². The van der Waals surface area contributed by atoms with Crippen molar-refractivity contribution in [3.63, 3.8) is 0 Å². The van der Waals surface area contributed by atoms with Crippen LogP contribution in [0.1, 0.15) is 27.2 Å². The van der Waals surface area contributed by atoms with Crippen LogP contribution in [0.3, 0.4) is 0 Å². The molecule has 8 heteroatoms. The van der Waals surface area contributed by atoms with E-state index in [-0.39, 0.29) is 23.8 Å². The number of carbonyl (C=O) groups is 2. The van der Waals surface area contributed by atoms with E-state index in [2.05, 4.69) is 11.9 Å². The molecule has 2 aliphatic carbocycles. The van der Waals surface area contributed by atoms with Crippen LogP contribution >= 0.6 is 0 Å². The third kappa shape index (κ3) is 2.39. The summed E-state index contributed by atoms with van der Waals surface area (Å²) in [6, 6.07) is 0. The highest BCUT2D eigenvalue weighted by atomic mass is 32.2. The number of rotatable bonds is 4. The van der Waals surface area contributed by atoms with Crippen LogP contribution in [0.4, 0.5) is 0 Å². The van der Waals surface area contributed by atoms with Crippen LogP contribution in [0.2, 0.25) is 0 Å². The summed E-state index contributed by atoms with van der Waals surface area (Å²) in [5.74, 6) is -1.23. The molecule has 5 unspecified atom stereocenters. The highest BCUT2D eigenvalue weighted by Gasteiger charge is 2.73. The number of hydrogen-bond acceptors (Lipinski definition) is 6. The minimum absolute atomic E-state index is 0.0550. The Balaban J connectivity index is 1.70. The van der Waals surface area contributed by atoms with Crippen molar-refractivity contribution in [3.05, 3.63) is 12.2 Å². The van der Waals surface area contributed by atoms with Crippen molar-refractivity contribution in [1.82, 2.24) is 5.32 Å². The van der Waals surface area contributed by atoms with Gasteiger partial charge in [-0.1, -0.05) is 20.4 Å². The van der Waals surface area contributed by atoms with Gasteiger partial charge in [-0.15, -0.1) is 0 Å². The molecule has 1 N–H and O–H groups in total. The summed E-state index contributed by atoms with van der Waals surface area (Å²) in [4.78, 5) is 23.4. The van der Waals surface area contributed by atoms with Gasteiger partial charge in [0, 0.05) is 17.4 Å². The number of nitrogens with one attached hydrogen (secondary N) is 1. The van der Waals surface area contributed by atoms with Crippen LogP contribution in [0.15, 0.2) is 12.2 Å². The maximum Gasteiger partial charge on any atom is 0.325 e. The van der Waals surface area contributed by atoms with Crippen molar-refractivity contribution in [2.75, 3.05) is 6.54 Å². The van der Waals surface area contributed by atoms with Crippen LogP contribution in [-0.2, 0) is 28.6 Å². The van der Waals surface area contributed by atoms with Crippen LogP contribution < -0.4 is 5.32 Å². The van der Waals surface area contributed by atoms with E-state index in [0.717, 1.165) is 0 Å². The second kappa shape index (κ2) is 5.04. The minimum atomic E-state index is -3.58. The summed E-state index contributed by atoms with van der Waals surface area (Å²) in [6.45, 7) is 8.74. The van der Waals surface area contributed by atoms with Gasteiger partial charge in [0.25, 0.3) is 10.1 Å². The van der Waals surface area contributed by atoms with Crippen molar-refractivity contribution in [2.24, 2.45) is 17.3 Å². The van der Waals surface area contributed by atoms with Crippen LogP contribution in [-0.4, -0.2) is 44.3 Å². The largest absolute Gasteiger partial charge is 0.458 e. The third-order valence-electron chi connectivity index (χ3n) is 5.44. The van der Waals surface area contributed by atoms with Gasteiger partial charge in [-0.3, -0.25) is 13.8 Å². The molecule has 0 spiro atoms. The first kappa shape index (κ1) is 16.4. The number of ether oxygens (including phenoxy) is 1. The lowest BCUT2D eigenvalue weighted by Crippen LogP contribution is -2.40. The van der Waals surface area contributed by atoms with Crippen molar-refractivity contribution in [2.45, 2.75) is 44.6 Å². The average molecular weight is 343 g/mol. The number of carbonyl (C=O) groups excluding carboxylic acids is 2. The van der Waals surface area contributed by atoms with Gasteiger partial charge in [-0.2, -0.15) is 8.42 Å². The summed E-state index contributed by atoms with van der Waals surface area (Å²) < 4.78 is 34.8. The van der Waals surface area contributed by atoms with E-state index in [1.807, 2.05) is 13.8 Å². The molecule has 0 aromatic rings. The van der Waals surface area contributed by atoms with Gasteiger partial charge in [-0.25, -0.2) is 0 Å². The number of esters is 1. The molecular formula is C15H21NO6S. The van der Waals surface area contributed by atoms with E-state index in [4.69, 9.17) is 8.92 Å². The van der Waals surface area contributed by atoms with Crippen molar-refractivity contribution < 1.29 is 26.9 Å². The van der Waals surface area contributed by atoms with Crippen molar-refractivity contribution >= 4 is 22.0 Å². The molecule has 128 valence electrons. The Morgan fingerprint density at radius 1 is 1.39 bits per heavy atom. The fraction of sp³-hybridized carbons (Fsp3) is 0.733. The maximum absolute atomic E-state index is 12.1. The second-order valence-electron chi connectivity index (χ2n) is 7.20. The predicted octanol–water partition coefficient (Wildman–Crippen LogP) is 0.364. The maximum atomic E-state index is 12.1. The zero-order valence-corrected chi connectivity index (χ0v) is 14.2. The molecule has 0 radical (unpaired) electrons. The van der Waals surface area contributed by atoms with Gasteiger partial charge in [0.2, 0.25) is 5.91 Å². The molecule has 2 bridgehead atoms. The van der Waals surface area contributed by atoms with Crippen LogP contribution in [0, 0.1) is 17.3 Å². The molecule has 1 aliphatic heterocycles. The molecule has 3 fully saturated rings. The monoisotopic (exact) mass is 343 g/mol. The smallest absolute Gasteiger partial charge is 0.325 e. The first-order valence-corrected chi connectivity index (χ1v) is 9.08. The molecule has 7 nitrogen and oxygen atoms in total. The van der Waals surface area contributed by atoms with E-state index in [1.165, 1.54) is 6.92 Å². The van der Waals surface area contributed by atoms with Crippen LogP contribution in [0.5, 0.6) is 0 Å². The Labute approximate surface area is 135 Å². The molecule has 3 aliphatic rings. The highest BCUT2D eigenvalue weighted by Crippen LogP contribution is 2.64. The standard InChI is InChI=1S/C15H21NO6S/c1-7(2)14(18)16-6-10(17)21-12-8-5-9-11(15(8,3)4)13(12)22-23(9,19)20/h8-9,11-13H,1,5-6H2,2-4H3,(H,16,18). The van der Waals surface area contributed by atoms with E-state index in [1.54, 1.807) is 0 Å². The van der Waals surface area contributed by atoms with Gasteiger partial charge in [-0.05, 0) is 18.8 Å². The molecular weight excluding hydrogens is 322 g/mol. The number of hydrogen-bond donors (Lipinski definition) is 1. The Hall–Kier alpha value is -1.41. The Morgan fingerprint density at radius 2 is 2.04 bits per heavy atom. The zero-order valence-electron chi connectivity index (χ0n) is 13.4. The molecule has 0 aromatic carbocycles. The van der Waals surface area contributed by atoms with E-state index >= 15 is 0 Å². The number of amides is 1. The highest BCUT2D eigenvalue weighted by molar-refractivity contribution is 7.87. The molecule has 2 saturated carbocycles. The summed E-state index contributed by atoms with van der Waals surface area (Å²) in [5.41, 5.74) is 0.0389. The van der Waals surface area contributed by atoms with E-state index < -0.39 is 39.5 Å². The van der Waals surface area contributed by atoms with Gasteiger partial charge in [0.15, 0.2) is 0 Å². The summed E-state index contributed by atoms with van der Waals surface area (Å²) >= 11 is 0. The molecule has 0 aromatic heterocycles. The molecule has 1 amide bonds. The fourth-order valence-corrected chi connectivity index (χ4v) is 6.33. The summed E-state index contributed by atoms with van der Waals surface area (Å²) in [7, 11) is -3.58. The SMILES string of the molecule is C=C(C)C(=O)NCC(=O)OC1C2OS(=O)(=O)C3CC1C(C)(C)C23. The molecule has 23 heavy (non-hydrogen) atoms. The first-order chi connectivity index (χ1) is 10.6. The second-order valence-corrected chi connectivity index (χ2v) is 8.98. The lowest BCUT2D eigenvalue weighted by Gasteiger charge is -2.26. The Morgan fingerprint density at radius 3 is 2.65 bits per heavy atom. The number of fused-ring (bicyclic) bond motifs is 1. The summed E-state index contributed by atoms with van der Waals surface area (Å²) in [6.07, 6.45) is -0.746. The Bertz CT molecular complexity index is 682. The van der Waals surface area contributed by atoms with E-state index in [0.29, 0.717) is 12.0 Å². The van der Waals surface area contributed by atoms with Crippen molar-refractivity contribution in [3.8, 4) is 0 Å².